The third kappa shape index (κ3) is 5.92. The summed E-state index contributed by atoms with van der Waals surface area (Å²) in [6.07, 6.45) is 6.64. The molecule has 0 fully saturated rings. The van der Waals surface area contributed by atoms with Gasteiger partial charge >= 0.3 is 0 Å². The van der Waals surface area contributed by atoms with Gasteiger partial charge in [-0.2, -0.15) is 0 Å². The van der Waals surface area contributed by atoms with Gasteiger partial charge in [0.15, 0.2) is 18.1 Å². The molecule has 0 radical (unpaired) electrons. The van der Waals surface area contributed by atoms with Crippen LogP contribution >= 0.6 is 0 Å². The van der Waals surface area contributed by atoms with Gasteiger partial charge < -0.3 is 19.6 Å². The minimum atomic E-state index is -0.293. The lowest BCUT2D eigenvalue weighted by Crippen LogP contribution is -2.16. The van der Waals surface area contributed by atoms with Gasteiger partial charge in [-0.3, -0.25) is 4.79 Å². The third-order valence-electron chi connectivity index (χ3n) is 3.03. The number of methoxy groups -OCH3 is 1. The minimum absolute atomic E-state index is 0.156. The van der Waals surface area contributed by atoms with Crippen LogP contribution in [0.4, 0.5) is 5.69 Å². The van der Waals surface area contributed by atoms with Crippen molar-refractivity contribution >= 4 is 17.8 Å². The summed E-state index contributed by atoms with van der Waals surface area (Å²) in [7, 11) is 1.53. The maximum absolute atomic E-state index is 11.7. The van der Waals surface area contributed by atoms with Crippen LogP contribution in [-0.4, -0.2) is 32.4 Å². The fourth-order valence-corrected chi connectivity index (χ4v) is 1.92. The van der Waals surface area contributed by atoms with E-state index in [0.29, 0.717) is 17.2 Å². The molecule has 0 atom stereocenters. The predicted molar refractivity (Wildman–Crippen MR) is 95.9 cm³/mol. The van der Waals surface area contributed by atoms with Gasteiger partial charge in [-0.1, -0.05) is 29.3 Å². The van der Waals surface area contributed by atoms with Crippen molar-refractivity contribution in [2.75, 3.05) is 25.6 Å². The van der Waals surface area contributed by atoms with Crippen molar-refractivity contribution in [2.45, 2.75) is 0 Å². The van der Waals surface area contributed by atoms with Crippen molar-refractivity contribution in [3.8, 4) is 23.8 Å². The van der Waals surface area contributed by atoms with E-state index in [0.717, 1.165) is 5.56 Å². The molecule has 128 valence electrons. The number of oxime groups is 1. The Labute approximate surface area is 146 Å². The molecule has 0 saturated carbocycles. The van der Waals surface area contributed by atoms with Crippen LogP contribution in [0.25, 0.3) is 0 Å². The van der Waals surface area contributed by atoms with Gasteiger partial charge in [-0.05, 0) is 30.3 Å². The first-order valence-electron chi connectivity index (χ1n) is 7.47. The Balaban J connectivity index is 1.85. The zero-order valence-corrected chi connectivity index (χ0v) is 13.8. The molecular weight excluding hydrogens is 320 g/mol. The summed E-state index contributed by atoms with van der Waals surface area (Å²) in [6, 6.07) is 14.3. The molecule has 0 saturated heterocycles. The lowest BCUT2D eigenvalue weighted by Gasteiger charge is -2.09. The average Bonchev–Trinajstić information content (AvgIpc) is 2.64. The van der Waals surface area contributed by atoms with Gasteiger partial charge in [0.05, 0.1) is 13.3 Å². The van der Waals surface area contributed by atoms with Crippen molar-refractivity contribution in [3.05, 3.63) is 54.1 Å². The zero-order valence-electron chi connectivity index (χ0n) is 13.8. The molecule has 0 aromatic heterocycles. The van der Waals surface area contributed by atoms with E-state index < -0.39 is 0 Å². The number of carbonyl (C=O) groups is 1. The number of nitrogens with zero attached hydrogens (tertiary/aromatic N) is 1. The van der Waals surface area contributed by atoms with E-state index in [2.05, 4.69) is 16.4 Å². The molecule has 0 bridgehead atoms. The normalized spacial score (nSPS) is 10.1. The summed E-state index contributed by atoms with van der Waals surface area (Å²) < 4.78 is 10.6. The van der Waals surface area contributed by atoms with Crippen molar-refractivity contribution in [2.24, 2.45) is 5.16 Å². The second-order valence-corrected chi connectivity index (χ2v) is 4.83. The molecule has 25 heavy (non-hydrogen) atoms. The number of rotatable bonds is 8. The molecule has 2 aromatic carbocycles. The van der Waals surface area contributed by atoms with Crippen molar-refractivity contribution in [1.82, 2.24) is 0 Å². The van der Waals surface area contributed by atoms with E-state index in [1.807, 2.05) is 18.2 Å². The fourth-order valence-electron chi connectivity index (χ4n) is 1.92. The molecule has 0 aliphatic heterocycles. The maximum Gasteiger partial charge on any atom is 0.265 e. The largest absolute Gasteiger partial charge is 0.493 e. The Morgan fingerprint density at radius 2 is 2.04 bits per heavy atom. The van der Waals surface area contributed by atoms with Gasteiger partial charge in [0.25, 0.3) is 5.91 Å². The van der Waals surface area contributed by atoms with Crippen LogP contribution in [0.5, 0.6) is 11.5 Å². The highest BCUT2D eigenvalue weighted by Crippen LogP contribution is 2.27. The van der Waals surface area contributed by atoms with E-state index in [4.69, 9.17) is 20.7 Å². The average molecular weight is 338 g/mol. The lowest BCUT2D eigenvalue weighted by atomic mass is 10.2. The van der Waals surface area contributed by atoms with Crippen LogP contribution in [0, 0.1) is 12.3 Å². The maximum atomic E-state index is 11.7. The number of ether oxygens (including phenoxy) is 2. The zero-order chi connectivity index (χ0) is 17.9. The van der Waals surface area contributed by atoms with Crippen molar-refractivity contribution in [3.63, 3.8) is 0 Å². The number of nitrogens with one attached hydrogen (secondary N) is 1. The SMILES string of the molecule is C#CCOc1ccc(/C=N/OCC(=O)Nc2ccccc2)cc1OC. The molecule has 0 aliphatic carbocycles. The molecule has 2 aromatic rings. The fraction of sp³-hybridized carbons (Fsp3) is 0.158. The van der Waals surface area contributed by atoms with Gasteiger partial charge in [0.2, 0.25) is 0 Å². The summed E-state index contributed by atoms with van der Waals surface area (Å²) in [5.74, 6) is 3.17. The van der Waals surface area contributed by atoms with Gasteiger partial charge in [0, 0.05) is 11.3 Å². The first-order valence-corrected chi connectivity index (χ1v) is 7.47. The number of hydrogen-bond acceptors (Lipinski definition) is 5. The van der Waals surface area contributed by atoms with Crippen molar-refractivity contribution < 1.29 is 19.1 Å². The summed E-state index contributed by atoms with van der Waals surface area (Å²) in [5, 5.41) is 6.47. The highest BCUT2D eigenvalue weighted by Gasteiger charge is 2.05. The second kappa shape index (κ2) is 9.63. The molecule has 0 heterocycles. The highest BCUT2D eigenvalue weighted by molar-refractivity contribution is 5.91. The van der Waals surface area contributed by atoms with Crippen molar-refractivity contribution in [1.29, 1.82) is 0 Å². The summed E-state index contributed by atoms with van der Waals surface area (Å²) in [6.45, 7) is -0.0324. The molecule has 0 unspecified atom stereocenters. The Kier molecular flexibility index (Phi) is 6.89. The van der Waals surface area contributed by atoms with Crippen LogP contribution < -0.4 is 14.8 Å². The molecule has 6 heteroatoms. The molecular formula is C19H18N2O4. The van der Waals surface area contributed by atoms with Crippen LogP contribution in [0.3, 0.4) is 0 Å². The molecule has 0 aliphatic rings. The van der Waals surface area contributed by atoms with Gasteiger partial charge in [-0.15, -0.1) is 6.42 Å². The monoisotopic (exact) mass is 338 g/mol. The third-order valence-corrected chi connectivity index (χ3v) is 3.03. The second-order valence-electron chi connectivity index (χ2n) is 4.83. The number of carbonyl (C=O) groups excluding carboxylic acids is 1. The summed E-state index contributed by atoms with van der Waals surface area (Å²) >= 11 is 0. The number of terminal acetylenes is 1. The topological polar surface area (TPSA) is 69.2 Å². The predicted octanol–water partition coefficient (Wildman–Crippen LogP) is 2.70. The van der Waals surface area contributed by atoms with E-state index in [9.17, 15) is 4.79 Å². The van der Waals surface area contributed by atoms with E-state index in [1.165, 1.54) is 13.3 Å². The Morgan fingerprint density at radius 1 is 1.24 bits per heavy atom. The quantitative estimate of drug-likeness (QED) is 0.456. The highest BCUT2D eigenvalue weighted by atomic mass is 16.6. The Morgan fingerprint density at radius 3 is 2.76 bits per heavy atom. The number of para-hydroxylation sites is 1. The van der Waals surface area contributed by atoms with E-state index in [1.54, 1.807) is 30.3 Å². The van der Waals surface area contributed by atoms with Crippen LogP contribution in [0.15, 0.2) is 53.7 Å². The van der Waals surface area contributed by atoms with Crippen LogP contribution in [-0.2, 0) is 9.63 Å². The molecule has 0 spiro atoms. The molecule has 1 amide bonds. The minimum Gasteiger partial charge on any atom is -0.493 e. The summed E-state index contributed by atoms with van der Waals surface area (Å²) in [4.78, 5) is 16.7. The number of amides is 1. The first kappa shape index (κ1) is 17.9. The first-order chi connectivity index (χ1) is 12.2. The van der Waals surface area contributed by atoms with Gasteiger partial charge in [-0.25, -0.2) is 0 Å². The number of hydrogen-bond donors (Lipinski definition) is 1. The van der Waals surface area contributed by atoms with Crippen LogP contribution in [0.2, 0.25) is 0 Å². The molecule has 1 N–H and O–H groups in total. The Hall–Kier alpha value is -3.46. The number of benzene rings is 2. The van der Waals surface area contributed by atoms with Gasteiger partial charge in [0.1, 0.15) is 6.61 Å². The molecule has 2 rings (SSSR count). The smallest absolute Gasteiger partial charge is 0.265 e. The molecule has 6 nitrogen and oxygen atoms in total. The van der Waals surface area contributed by atoms with E-state index >= 15 is 0 Å². The van der Waals surface area contributed by atoms with E-state index in [-0.39, 0.29) is 19.1 Å². The standard InChI is InChI=1S/C19H18N2O4/c1-3-11-24-17-10-9-15(12-18(17)23-2)13-20-25-14-19(22)21-16-7-5-4-6-8-16/h1,4-10,12-13H,11,14H2,2H3,(H,21,22)/b20-13+. The summed E-state index contributed by atoms with van der Waals surface area (Å²) in [5.41, 5.74) is 1.43. The number of anilines is 1. The van der Waals surface area contributed by atoms with Crippen LogP contribution in [0.1, 0.15) is 5.56 Å². The Bertz CT molecular complexity index is 767. The lowest BCUT2D eigenvalue weighted by molar-refractivity contribution is -0.120.